The van der Waals surface area contributed by atoms with E-state index in [-0.39, 0.29) is 24.5 Å². The van der Waals surface area contributed by atoms with E-state index in [1.54, 1.807) is 10.9 Å². The first-order chi connectivity index (χ1) is 9.51. The number of urea groups is 1. The van der Waals surface area contributed by atoms with E-state index in [4.69, 9.17) is 5.11 Å². The molecule has 2 amide bonds. The molecule has 0 fully saturated rings. The summed E-state index contributed by atoms with van der Waals surface area (Å²) in [5.41, 5.74) is 0. The van der Waals surface area contributed by atoms with E-state index in [1.807, 2.05) is 26.1 Å². The molecule has 1 heterocycles. The molecule has 7 nitrogen and oxygen atoms in total. The minimum atomic E-state index is -0.909. The van der Waals surface area contributed by atoms with E-state index in [9.17, 15) is 9.59 Å². The summed E-state index contributed by atoms with van der Waals surface area (Å²) in [5, 5.41) is 18.3. The van der Waals surface area contributed by atoms with Crippen molar-refractivity contribution in [2.45, 2.75) is 51.7 Å². The monoisotopic (exact) mass is 282 g/mol. The minimum Gasteiger partial charge on any atom is -0.481 e. The molecule has 1 aromatic rings. The van der Waals surface area contributed by atoms with Gasteiger partial charge in [-0.15, -0.1) is 0 Å². The first-order valence-electron chi connectivity index (χ1n) is 6.77. The lowest BCUT2D eigenvalue weighted by Crippen LogP contribution is -2.47. The predicted octanol–water partition coefficient (Wildman–Crippen LogP) is 1.21. The molecular formula is C13H22N4O3. The van der Waals surface area contributed by atoms with Gasteiger partial charge in [0.15, 0.2) is 0 Å². The highest BCUT2D eigenvalue weighted by molar-refractivity contribution is 5.75. The molecule has 0 bridgehead atoms. The fourth-order valence-corrected chi connectivity index (χ4v) is 1.97. The third-order valence-corrected chi connectivity index (χ3v) is 2.79. The van der Waals surface area contributed by atoms with E-state index < -0.39 is 5.97 Å². The van der Waals surface area contributed by atoms with Gasteiger partial charge >= 0.3 is 12.0 Å². The molecule has 20 heavy (non-hydrogen) atoms. The number of amides is 2. The first-order valence-corrected chi connectivity index (χ1v) is 6.77. The summed E-state index contributed by atoms with van der Waals surface area (Å²) in [5.74, 6) is -0.909. The molecule has 2 atom stereocenters. The van der Waals surface area contributed by atoms with Crippen molar-refractivity contribution in [1.29, 1.82) is 0 Å². The van der Waals surface area contributed by atoms with Crippen LogP contribution in [0.25, 0.3) is 0 Å². The summed E-state index contributed by atoms with van der Waals surface area (Å²) in [4.78, 5) is 22.5. The molecule has 1 aromatic heterocycles. The Morgan fingerprint density at radius 2 is 2.15 bits per heavy atom. The lowest BCUT2D eigenvalue weighted by molar-refractivity contribution is -0.137. The maximum atomic E-state index is 11.8. The Hall–Kier alpha value is -2.05. The van der Waals surface area contributed by atoms with Crippen molar-refractivity contribution in [3.05, 3.63) is 18.5 Å². The van der Waals surface area contributed by atoms with Crippen LogP contribution in [0, 0.1) is 0 Å². The molecule has 0 saturated carbocycles. The number of carbonyl (C=O) groups excluding carboxylic acids is 1. The zero-order valence-corrected chi connectivity index (χ0v) is 11.9. The molecular weight excluding hydrogens is 260 g/mol. The molecule has 0 aliphatic carbocycles. The largest absolute Gasteiger partial charge is 0.481 e. The number of hydrogen-bond acceptors (Lipinski definition) is 3. The van der Waals surface area contributed by atoms with Crippen LogP contribution in [0.3, 0.4) is 0 Å². The Labute approximate surface area is 118 Å². The van der Waals surface area contributed by atoms with Crippen LogP contribution in [-0.2, 0) is 11.3 Å². The van der Waals surface area contributed by atoms with Crippen molar-refractivity contribution in [3.63, 3.8) is 0 Å². The number of aliphatic carboxylic acids is 1. The molecule has 3 N–H and O–H groups in total. The van der Waals surface area contributed by atoms with Gasteiger partial charge in [0.25, 0.3) is 0 Å². The highest BCUT2D eigenvalue weighted by Gasteiger charge is 2.16. The highest BCUT2D eigenvalue weighted by atomic mass is 16.4. The second-order valence-corrected chi connectivity index (χ2v) is 4.83. The predicted molar refractivity (Wildman–Crippen MR) is 74.3 cm³/mol. The van der Waals surface area contributed by atoms with Crippen molar-refractivity contribution in [1.82, 2.24) is 20.4 Å². The van der Waals surface area contributed by atoms with E-state index in [0.29, 0.717) is 13.0 Å². The number of hydrogen-bond donors (Lipinski definition) is 3. The maximum Gasteiger partial charge on any atom is 0.315 e. The van der Waals surface area contributed by atoms with Gasteiger partial charge < -0.3 is 15.7 Å². The highest BCUT2D eigenvalue weighted by Crippen LogP contribution is 2.02. The van der Waals surface area contributed by atoms with Crippen LogP contribution in [0.1, 0.15) is 33.1 Å². The average Bonchev–Trinajstić information content (AvgIpc) is 2.80. The van der Waals surface area contributed by atoms with Gasteiger partial charge in [0.2, 0.25) is 0 Å². The average molecular weight is 282 g/mol. The number of nitrogens with zero attached hydrogens (tertiary/aromatic N) is 2. The molecule has 0 aromatic carbocycles. The summed E-state index contributed by atoms with van der Waals surface area (Å²) in [7, 11) is 0. The standard InChI is InChI=1S/C13H22N4O3/c1-3-5-11(8-12(18)19)16-13(20)15-10(2)9-17-7-4-6-14-17/h4,6-7,10-11H,3,5,8-9H2,1-2H3,(H,18,19)(H2,15,16,20). The van der Waals surface area contributed by atoms with E-state index in [2.05, 4.69) is 15.7 Å². The van der Waals surface area contributed by atoms with Crippen LogP contribution in [-0.4, -0.2) is 39.0 Å². The van der Waals surface area contributed by atoms with Gasteiger partial charge in [-0.2, -0.15) is 5.10 Å². The van der Waals surface area contributed by atoms with Crippen LogP contribution < -0.4 is 10.6 Å². The molecule has 112 valence electrons. The van der Waals surface area contributed by atoms with E-state index in [0.717, 1.165) is 6.42 Å². The first kappa shape index (κ1) is 16.0. The Morgan fingerprint density at radius 1 is 1.40 bits per heavy atom. The lowest BCUT2D eigenvalue weighted by atomic mass is 10.1. The zero-order valence-electron chi connectivity index (χ0n) is 11.9. The molecule has 0 radical (unpaired) electrons. The van der Waals surface area contributed by atoms with Crippen molar-refractivity contribution in [3.8, 4) is 0 Å². The summed E-state index contributed by atoms with van der Waals surface area (Å²) in [6.45, 7) is 4.39. The van der Waals surface area contributed by atoms with Gasteiger partial charge in [0.05, 0.1) is 13.0 Å². The van der Waals surface area contributed by atoms with Crippen LogP contribution in [0.2, 0.25) is 0 Å². The van der Waals surface area contributed by atoms with Gasteiger partial charge in [0.1, 0.15) is 0 Å². The van der Waals surface area contributed by atoms with Gasteiger partial charge in [0, 0.05) is 24.5 Å². The molecule has 0 aliphatic heterocycles. The van der Waals surface area contributed by atoms with Crippen LogP contribution >= 0.6 is 0 Å². The van der Waals surface area contributed by atoms with Gasteiger partial charge in [-0.1, -0.05) is 13.3 Å². The second kappa shape index (κ2) is 8.19. The third-order valence-electron chi connectivity index (χ3n) is 2.79. The van der Waals surface area contributed by atoms with Crippen molar-refractivity contribution in [2.24, 2.45) is 0 Å². The third kappa shape index (κ3) is 6.21. The molecule has 0 aliphatic rings. The van der Waals surface area contributed by atoms with E-state index >= 15 is 0 Å². The number of aromatic nitrogens is 2. The molecule has 0 saturated heterocycles. The lowest BCUT2D eigenvalue weighted by Gasteiger charge is -2.19. The number of carbonyl (C=O) groups is 2. The fraction of sp³-hybridized carbons (Fsp3) is 0.615. The number of rotatable bonds is 8. The Bertz CT molecular complexity index is 419. The Balaban J connectivity index is 2.38. The van der Waals surface area contributed by atoms with Crippen molar-refractivity contribution >= 4 is 12.0 Å². The Kier molecular flexibility index (Phi) is 6.55. The summed E-state index contributed by atoms with van der Waals surface area (Å²) in [6.07, 6.45) is 4.90. The molecule has 1 rings (SSSR count). The maximum absolute atomic E-state index is 11.8. The van der Waals surface area contributed by atoms with Crippen LogP contribution in [0.5, 0.6) is 0 Å². The topological polar surface area (TPSA) is 96.3 Å². The summed E-state index contributed by atoms with van der Waals surface area (Å²) in [6, 6.07) is 1.04. The fourth-order valence-electron chi connectivity index (χ4n) is 1.97. The van der Waals surface area contributed by atoms with Gasteiger partial charge in [-0.3, -0.25) is 9.48 Å². The minimum absolute atomic E-state index is 0.0607. The quantitative estimate of drug-likeness (QED) is 0.668. The van der Waals surface area contributed by atoms with Crippen molar-refractivity contribution < 1.29 is 14.7 Å². The van der Waals surface area contributed by atoms with Crippen LogP contribution in [0.4, 0.5) is 4.79 Å². The SMILES string of the molecule is CCCC(CC(=O)O)NC(=O)NC(C)Cn1cccn1. The molecule has 0 spiro atoms. The number of carboxylic acid groups (broad SMARTS) is 1. The summed E-state index contributed by atoms with van der Waals surface area (Å²) < 4.78 is 1.73. The van der Waals surface area contributed by atoms with Gasteiger partial charge in [-0.25, -0.2) is 4.79 Å². The van der Waals surface area contributed by atoms with Gasteiger partial charge in [-0.05, 0) is 19.4 Å². The number of nitrogens with one attached hydrogen (secondary N) is 2. The second-order valence-electron chi connectivity index (χ2n) is 4.83. The van der Waals surface area contributed by atoms with E-state index in [1.165, 1.54) is 0 Å². The smallest absolute Gasteiger partial charge is 0.315 e. The van der Waals surface area contributed by atoms with Crippen molar-refractivity contribution in [2.75, 3.05) is 0 Å². The number of carboxylic acids is 1. The normalized spacial score (nSPS) is 13.5. The Morgan fingerprint density at radius 3 is 2.70 bits per heavy atom. The molecule has 7 heteroatoms. The summed E-state index contributed by atoms with van der Waals surface area (Å²) >= 11 is 0. The van der Waals surface area contributed by atoms with Crippen LogP contribution in [0.15, 0.2) is 18.5 Å². The zero-order chi connectivity index (χ0) is 15.0. The molecule has 2 unspecified atom stereocenters.